The average Bonchev–Trinajstić information content (AvgIpc) is 2.81. The Morgan fingerprint density at radius 3 is 2.27 bits per heavy atom. The van der Waals surface area contributed by atoms with E-state index in [1.807, 2.05) is 38.1 Å². The number of rotatable bonds is 10. The molecule has 1 N–H and O–H groups in total. The maximum Gasteiger partial charge on any atom is 0.244 e. The standard InChI is InChI=1S/C27H35Cl2N3O4S/c1-4-25(27(34)30-23-11-6-5-7-12-23)31(17-20-10-8-9-19(2)13-20)26(33)18-32(37(3,35)36)24-15-21(28)14-22(29)16-24/h8-10,13-16,23,25H,4-7,11-12,17-18H2,1-3H3,(H,30,34)/t25-/m1/s1. The molecular weight excluding hydrogens is 533 g/mol. The van der Waals surface area contributed by atoms with Gasteiger partial charge < -0.3 is 10.2 Å². The predicted octanol–water partition coefficient (Wildman–Crippen LogP) is 5.32. The van der Waals surface area contributed by atoms with Crippen LogP contribution in [0.2, 0.25) is 10.0 Å². The highest BCUT2D eigenvalue weighted by atomic mass is 35.5. The van der Waals surface area contributed by atoms with Gasteiger partial charge in [0, 0.05) is 22.6 Å². The zero-order valence-electron chi connectivity index (χ0n) is 21.5. The van der Waals surface area contributed by atoms with E-state index in [4.69, 9.17) is 23.2 Å². The normalized spacial score (nSPS) is 15.2. The van der Waals surface area contributed by atoms with Crippen molar-refractivity contribution in [2.24, 2.45) is 0 Å². The zero-order valence-corrected chi connectivity index (χ0v) is 23.9. The highest BCUT2D eigenvalue weighted by Crippen LogP contribution is 2.27. The number of benzene rings is 2. The summed E-state index contributed by atoms with van der Waals surface area (Å²) in [5.74, 6) is -0.708. The van der Waals surface area contributed by atoms with Crippen molar-refractivity contribution in [2.45, 2.75) is 71.0 Å². The quantitative estimate of drug-likeness (QED) is 0.420. The van der Waals surface area contributed by atoms with Gasteiger partial charge in [0.05, 0.1) is 11.9 Å². The maximum absolute atomic E-state index is 13.8. The molecule has 1 fully saturated rings. The molecule has 0 heterocycles. The molecular formula is C27H35Cl2N3O4S. The van der Waals surface area contributed by atoms with Gasteiger partial charge in [0.2, 0.25) is 21.8 Å². The summed E-state index contributed by atoms with van der Waals surface area (Å²) in [5, 5.41) is 3.63. The van der Waals surface area contributed by atoms with E-state index >= 15 is 0 Å². The van der Waals surface area contributed by atoms with Crippen LogP contribution in [0.4, 0.5) is 5.69 Å². The molecule has 3 rings (SSSR count). The van der Waals surface area contributed by atoms with Gasteiger partial charge in [-0.25, -0.2) is 8.42 Å². The summed E-state index contributed by atoms with van der Waals surface area (Å²) in [6.07, 6.45) is 6.55. The van der Waals surface area contributed by atoms with Crippen LogP contribution in [0.3, 0.4) is 0 Å². The summed E-state index contributed by atoms with van der Waals surface area (Å²) in [6.45, 7) is 3.49. The van der Waals surface area contributed by atoms with E-state index in [0.717, 1.165) is 53.8 Å². The lowest BCUT2D eigenvalue weighted by Crippen LogP contribution is -2.53. The first kappa shape index (κ1) is 29.3. The van der Waals surface area contributed by atoms with Gasteiger partial charge in [0.25, 0.3) is 0 Å². The van der Waals surface area contributed by atoms with E-state index in [2.05, 4.69) is 5.32 Å². The Labute approximate surface area is 230 Å². The van der Waals surface area contributed by atoms with Crippen molar-refractivity contribution in [3.8, 4) is 0 Å². The largest absolute Gasteiger partial charge is 0.352 e. The fraction of sp³-hybridized carbons (Fsp3) is 0.481. The van der Waals surface area contributed by atoms with Gasteiger partial charge in [-0.2, -0.15) is 0 Å². The SMILES string of the molecule is CC[C@H](C(=O)NC1CCCCC1)N(Cc1cccc(C)c1)C(=O)CN(c1cc(Cl)cc(Cl)c1)S(C)(=O)=O. The summed E-state index contributed by atoms with van der Waals surface area (Å²) in [6, 6.07) is 11.4. The van der Waals surface area contributed by atoms with Crippen molar-refractivity contribution in [2.75, 3.05) is 17.1 Å². The Balaban J connectivity index is 1.93. The predicted molar refractivity (Wildman–Crippen MR) is 149 cm³/mol. The van der Waals surface area contributed by atoms with E-state index in [9.17, 15) is 18.0 Å². The summed E-state index contributed by atoms with van der Waals surface area (Å²) < 4.78 is 26.5. The van der Waals surface area contributed by atoms with Crippen molar-refractivity contribution >= 4 is 50.7 Å². The average molecular weight is 569 g/mol. The lowest BCUT2D eigenvalue weighted by Gasteiger charge is -2.34. The van der Waals surface area contributed by atoms with Crippen LogP contribution in [0, 0.1) is 6.92 Å². The summed E-state index contributed by atoms with van der Waals surface area (Å²) >= 11 is 12.2. The molecule has 0 spiro atoms. The molecule has 7 nitrogen and oxygen atoms in total. The molecule has 0 aliphatic heterocycles. The zero-order chi connectivity index (χ0) is 27.2. The van der Waals surface area contributed by atoms with E-state index in [1.165, 1.54) is 23.1 Å². The Kier molecular flexibility index (Phi) is 10.3. The van der Waals surface area contributed by atoms with Gasteiger partial charge in [-0.1, -0.05) is 79.2 Å². The van der Waals surface area contributed by atoms with Crippen LogP contribution >= 0.6 is 23.2 Å². The van der Waals surface area contributed by atoms with E-state index in [-0.39, 0.29) is 34.2 Å². The number of aryl methyl sites for hydroxylation is 1. The highest BCUT2D eigenvalue weighted by Gasteiger charge is 2.33. The minimum atomic E-state index is -3.87. The van der Waals surface area contributed by atoms with E-state index in [0.29, 0.717) is 6.42 Å². The first-order chi connectivity index (χ1) is 17.5. The topological polar surface area (TPSA) is 86.8 Å². The molecule has 1 aliphatic rings. The molecule has 2 amide bonds. The Hall–Kier alpha value is -2.29. The molecule has 0 unspecified atom stereocenters. The van der Waals surface area contributed by atoms with Crippen LogP contribution in [0.25, 0.3) is 0 Å². The van der Waals surface area contributed by atoms with Crippen LogP contribution < -0.4 is 9.62 Å². The number of sulfonamides is 1. The van der Waals surface area contributed by atoms with Gasteiger partial charge in [-0.3, -0.25) is 13.9 Å². The van der Waals surface area contributed by atoms with Crippen molar-refractivity contribution in [1.29, 1.82) is 0 Å². The lowest BCUT2D eigenvalue weighted by atomic mass is 9.95. The van der Waals surface area contributed by atoms with E-state index in [1.54, 1.807) is 0 Å². The van der Waals surface area contributed by atoms with Crippen molar-refractivity contribution in [3.05, 3.63) is 63.6 Å². The van der Waals surface area contributed by atoms with Crippen molar-refractivity contribution in [1.82, 2.24) is 10.2 Å². The number of carbonyl (C=O) groups excluding carboxylic acids is 2. The third-order valence-electron chi connectivity index (χ3n) is 6.59. The van der Waals surface area contributed by atoms with E-state index < -0.39 is 28.5 Å². The number of halogens is 2. The van der Waals surface area contributed by atoms with Crippen LogP contribution in [-0.2, 0) is 26.2 Å². The minimum absolute atomic E-state index is 0.0901. The fourth-order valence-electron chi connectivity index (χ4n) is 4.77. The number of hydrogen-bond acceptors (Lipinski definition) is 4. The molecule has 0 bridgehead atoms. The molecule has 37 heavy (non-hydrogen) atoms. The first-order valence-electron chi connectivity index (χ1n) is 12.6. The van der Waals surface area contributed by atoms with Crippen molar-refractivity contribution in [3.63, 3.8) is 0 Å². The lowest BCUT2D eigenvalue weighted by molar-refractivity contribution is -0.140. The number of hydrogen-bond donors (Lipinski definition) is 1. The fourth-order valence-corrected chi connectivity index (χ4v) is 6.12. The number of nitrogens with zero attached hydrogens (tertiary/aromatic N) is 2. The summed E-state index contributed by atoms with van der Waals surface area (Å²) in [4.78, 5) is 28.7. The number of anilines is 1. The second-order valence-electron chi connectivity index (χ2n) is 9.68. The monoisotopic (exact) mass is 567 g/mol. The number of nitrogens with one attached hydrogen (secondary N) is 1. The molecule has 1 aliphatic carbocycles. The van der Waals surface area contributed by atoms with Gasteiger partial charge in [-0.15, -0.1) is 0 Å². The van der Waals surface area contributed by atoms with Crippen LogP contribution in [0.15, 0.2) is 42.5 Å². The number of carbonyl (C=O) groups is 2. The molecule has 202 valence electrons. The second kappa shape index (κ2) is 13.0. The molecule has 2 aromatic rings. The Bertz CT molecular complexity index is 1200. The molecule has 0 aromatic heterocycles. The number of amides is 2. The van der Waals surface area contributed by atoms with Crippen molar-refractivity contribution < 1.29 is 18.0 Å². The molecule has 0 saturated heterocycles. The molecule has 1 atom stereocenters. The van der Waals surface area contributed by atoms with Gasteiger partial charge in [0.1, 0.15) is 12.6 Å². The first-order valence-corrected chi connectivity index (χ1v) is 15.2. The second-order valence-corrected chi connectivity index (χ2v) is 12.5. The molecule has 1 saturated carbocycles. The smallest absolute Gasteiger partial charge is 0.244 e. The Morgan fingerprint density at radius 2 is 1.70 bits per heavy atom. The maximum atomic E-state index is 13.8. The summed E-state index contributed by atoms with van der Waals surface area (Å²) in [7, 11) is -3.87. The highest BCUT2D eigenvalue weighted by molar-refractivity contribution is 7.92. The molecule has 0 radical (unpaired) electrons. The summed E-state index contributed by atoms with van der Waals surface area (Å²) in [5.41, 5.74) is 2.06. The minimum Gasteiger partial charge on any atom is -0.352 e. The third-order valence-corrected chi connectivity index (χ3v) is 8.16. The van der Waals surface area contributed by atoms with Gasteiger partial charge in [-0.05, 0) is 49.9 Å². The van der Waals surface area contributed by atoms with Crippen LogP contribution in [-0.4, -0.2) is 50.0 Å². The van der Waals surface area contributed by atoms with Crippen LogP contribution in [0.1, 0.15) is 56.6 Å². The molecule has 2 aromatic carbocycles. The third kappa shape index (κ3) is 8.35. The molecule has 10 heteroatoms. The van der Waals surface area contributed by atoms with Gasteiger partial charge >= 0.3 is 0 Å². The van der Waals surface area contributed by atoms with Gasteiger partial charge in [0.15, 0.2) is 0 Å². The van der Waals surface area contributed by atoms with Crippen LogP contribution in [0.5, 0.6) is 0 Å². The Morgan fingerprint density at radius 1 is 1.05 bits per heavy atom.